The van der Waals surface area contributed by atoms with E-state index in [0.717, 1.165) is 15.7 Å². The highest BCUT2D eigenvalue weighted by atomic mass is 79.9. The molecule has 1 N–H and O–H groups in total. The van der Waals surface area contributed by atoms with E-state index in [2.05, 4.69) is 21.2 Å². The number of fused-ring (bicyclic) bond motifs is 1. The molecule has 0 fully saturated rings. The zero-order chi connectivity index (χ0) is 18.7. The Kier molecular flexibility index (Phi) is 5.61. The van der Waals surface area contributed by atoms with Crippen LogP contribution in [0.15, 0.2) is 46.9 Å². The van der Waals surface area contributed by atoms with Crippen LogP contribution < -0.4 is 15.0 Å². The smallest absolute Gasteiger partial charge is 0.247 e. The van der Waals surface area contributed by atoms with E-state index in [1.165, 1.54) is 0 Å². The van der Waals surface area contributed by atoms with E-state index in [1.54, 1.807) is 17.9 Å². The normalized spacial score (nSPS) is 14.6. The fourth-order valence-electron chi connectivity index (χ4n) is 3.12. The van der Waals surface area contributed by atoms with Crippen molar-refractivity contribution in [3.05, 3.63) is 52.5 Å². The number of rotatable bonds is 5. The van der Waals surface area contributed by atoms with Gasteiger partial charge in [0.05, 0.1) is 12.3 Å². The van der Waals surface area contributed by atoms with Gasteiger partial charge < -0.3 is 10.1 Å². The lowest BCUT2D eigenvalue weighted by atomic mass is 9.99. The predicted octanol–water partition coefficient (Wildman–Crippen LogP) is 4.15. The molecule has 136 valence electrons. The predicted molar refractivity (Wildman–Crippen MR) is 106 cm³/mol. The van der Waals surface area contributed by atoms with Gasteiger partial charge in [-0.1, -0.05) is 28.1 Å². The minimum Gasteiger partial charge on any atom is -0.492 e. The number of amides is 2. The lowest BCUT2D eigenvalue weighted by Gasteiger charge is -2.33. The summed E-state index contributed by atoms with van der Waals surface area (Å²) >= 11 is 3.46. The van der Waals surface area contributed by atoms with Crippen molar-refractivity contribution in [3.63, 3.8) is 0 Å². The van der Waals surface area contributed by atoms with E-state index in [9.17, 15) is 9.59 Å². The standard InChI is InChI=1S/C20H21BrN2O3/c1-3-26-18-7-5-4-6-16(18)22-20(25)13(2)23-17-10-9-15(21)12-14(17)8-11-19(23)24/h4-7,9-10,12-13H,3,8,11H2,1-2H3,(H,22,25). The number of aryl methyl sites for hydroxylation is 1. The molecule has 6 heteroatoms. The summed E-state index contributed by atoms with van der Waals surface area (Å²) in [6.45, 7) is 4.14. The van der Waals surface area contributed by atoms with E-state index in [4.69, 9.17) is 4.74 Å². The number of carbonyl (C=O) groups excluding carboxylic acids is 2. The van der Waals surface area contributed by atoms with E-state index >= 15 is 0 Å². The molecule has 3 rings (SSSR count). The van der Waals surface area contributed by atoms with Gasteiger partial charge in [0, 0.05) is 16.6 Å². The maximum atomic E-state index is 12.8. The number of hydrogen-bond donors (Lipinski definition) is 1. The van der Waals surface area contributed by atoms with E-state index in [-0.39, 0.29) is 11.8 Å². The van der Waals surface area contributed by atoms with Gasteiger partial charge in [-0.05, 0) is 56.2 Å². The number of nitrogens with zero attached hydrogens (tertiary/aromatic N) is 1. The van der Waals surface area contributed by atoms with Gasteiger partial charge in [0.25, 0.3) is 0 Å². The van der Waals surface area contributed by atoms with Crippen molar-refractivity contribution in [2.75, 3.05) is 16.8 Å². The SMILES string of the molecule is CCOc1ccccc1NC(=O)C(C)N1C(=O)CCc2cc(Br)ccc21. The van der Waals surface area contributed by atoms with Gasteiger partial charge in [0.1, 0.15) is 11.8 Å². The van der Waals surface area contributed by atoms with Gasteiger partial charge in [0.2, 0.25) is 11.8 Å². The van der Waals surface area contributed by atoms with Crippen LogP contribution in [0.3, 0.4) is 0 Å². The summed E-state index contributed by atoms with van der Waals surface area (Å²) in [5, 5.41) is 2.89. The summed E-state index contributed by atoms with van der Waals surface area (Å²) in [6.07, 6.45) is 1.09. The van der Waals surface area contributed by atoms with Gasteiger partial charge in [-0.15, -0.1) is 0 Å². The third-order valence-corrected chi connectivity index (χ3v) is 4.88. The minimum atomic E-state index is -0.627. The van der Waals surface area contributed by atoms with E-state index < -0.39 is 6.04 Å². The molecule has 1 aliphatic heterocycles. The molecule has 1 heterocycles. The van der Waals surface area contributed by atoms with Crippen LogP contribution >= 0.6 is 15.9 Å². The molecule has 2 aromatic carbocycles. The molecule has 0 saturated heterocycles. The summed E-state index contributed by atoms with van der Waals surface area (Å²) in [6, 6.07) is 12.4. The summed E-state index contributed by atoms with van der Waals surface area (Å²) < 4.78 is 6.52. The Balaban J connectivity index is 1.84. The number of ether oxygens (including phenoxy) is 1. The number of carbonyl (C=O) groups is 2. The van der Waals surface area contributed by atoms with Crippen LogP contribution in [0.4, 0.5) is 11.4 Å². The topological polar surface area (TPSA) is 58.6 Å². The van der Waals surface area contributed by atoms with Gasteiger partial charge >= 0.3 is 0 Å². The Hall–Kier alpha value is -2.34. The third kappa shape index (κ3) is 3.75. The Labute approximate surface area is 161 Å². The van der Waals surface area contributed by atoms with Crippen molar-refractivity contribution in [1.82, 2.24) is 0 Å². The number of benzene rings is 2. The van der Waals surface area contributed by atoms with Crippen LogP contribution in [0.2, 0.25) is 0 Å². The van der Waals surface area contributed by atoms with Gasteiger partial charge in [-0.3, -0.25) is 14.5 Å². The molecule has 0 aliphatic carbocycles. The van der Waals surface area contributed by atoms with Crippen molar-refractivity contribution in [2.45, 2.75) is 32.7 Å². The first-order chi connectivity index (χ1) is 12.5. The van der Waals surface area contributed by atoms with Gasteiger partial charge in [-0.25, -0.2) is 0 Å². The molecule has 5 nitrogen and oxygen atoms in total. The molecule has 1 aliphatic rings. The minimum absolute atomic E-state index is 0.0411. The highest BCUT2D eigenvalue weighted by molar-refractivity contribution is 9.10. The van der Waals surface area contributed by atoms with Gasteiger partial charge in [0.15, 0.2) is 0 Å². The van der Waals surface area contributed by atoms with Crippen LogP contribution in [0, 0.1) is 0 Å². The fraction of sp³-hybridized carbons (Fsp3) is 0.300. The molecule has 0 radical (unpaired) electrons. The molecule has 0 aromatic heterocycles. The summed E-state index contributed by atoms with van der Waals surface area (Å²) in [5.41, 5.74) is 2.46. The number of hydrogen-bond acceptors (Lipinski definition) is 3. The molecule has 0 saturated carbocycles. The summed E-state index contributed by atoms with van der Waals surface area (Å²) in [7, 11) is 0. The Morgan fingerprint density at radius 1 is 1.27 bits per heavy atom. The average molecular weight is 417 g/mol. The molecule has 2 amide bonds. The molecular weight excluding hydrogens is 396 g/mol. The molecule has 2 aromatic rings. The first kappa shape index (κ1) is 18.5. The molecule has 0 spiro atoms. The van der Waals surface area contributed by atoms with Crippen LogP contribution in [-0.4, -0.2) is 24.5 Å². The number of para-hydroxylation sites is 2. The Morgan fingerprint density at radius 3 is 2.81 bits per heavy atom. The Bertz CT molecular complexity index is 838. The molecule has 1 unspecified atom stereocenters. The summed E-state index contributed by atoms with van der Waals surface area (Å²) in [5.74, 6) is 0.326. The largest absolute Gasteiger partial charge is 0.492 e. The third-order valence-electron chi connectivity index (χ3n) is 4.39. The van der Waals surface area contributed by atoms with Crippen molar-refractivity contribution >= 4 is 39.1 Å². The molecular formula is C20H21BrN2O3. The van der Waals surface area contributed by atoms with Crippen molar-refractivity contribution < 1.29 is 14.3 Å². The number of nitrogens with one attached hydrogen (secondary N) is 1. The van der Waals surface area contributed by atoms with E-state index in [1.807, 2.05) is 43.3 Å². The van der Waals surface area contributed by atoms with Crippen molar-refractivity contribution in [2.24, 2.45) is 0 Å². The highest BCUT2D eigenvalue weighted by Crippen LogP contribution is 2.32. The number of anilines is 2. The first-order valence-electron chi connectivity index (χ1n) is 8.64. The molecule has 26 heavy (non-hydrogen) atoms. The first-order valence-corrected chi connectivity index (χ1v) is 9.43. The van der Waals surface area contributed by atoms with Crippen LogP contribution in [-0.2, 0) is 16.0 Å². The second-order valence-electron chi connectivity index (χ2n) is 6.13. The Morgan fingerprint density at radius 2 is 2.04 bits per heavy atom. The molecule has 0 bridgehead atoms. The lowest BCUT2D eigenvalue weighted by Crippen LogP contribution is -2.48. The number of halogens is 1. The quantitative estimate of drug-likeness (QED) is 0.795. The average Bonchev–Trinajstić information content (AvgIpc) is 2.63. The fourth-order valence-corrected chi connectivity index (χ4v) is 3.52. The zero-order valence-corrected chi connectivity index (χ0v) is 16.4. The van der Waals surface area contributed by atoms with Crippen LogP contribution in [0.5, 0.6) is 5.75 Å². The maximum Gasteiger partial charge on any atom is 0.247 e. The van der Waals surface area contributed by atoms with Crippen molar-refractivity contribution in [1.29, 1.82) is 0 Å². The van der Waals surface area contributed by atoms with Crippen molar-refractivity contribution in [3.8, 4) is 5.75 Å². The zero-order valence-electron chi connectivity index (χ0n) is 14.8. The summed E-state index contributed by atoms with van der Waals surface area (Å²) in [4.78, 5) is 26.9. The second kappa shape index (κ2) is 7.91. The monoisotopic (exact) mass is 416 g/mol. The van der Waals surface area contributed by atoms with Gasteiger partial charge in [-0.2, -0.15) is 0 Å². The van der Waals surface area contributed by atoms with E-state index in [0.29, 0.717) is 30.9 Å². The molecule has 1 atom stereocenters. The second-order valence-corrected chi connectivity index (χ2v) is 7.05. The maximum absolute atomic E-state index is 12.8. The highest BCUT2D eigenvalue weighted by Gasteiger charge is 2.32. The van der Waals surface area contributed by atoms with Crippen LogP contribution in [0.25, 0.3) is 0 Å². The van der Waals surface area contributed by atoms with Crippen LogP contribution in [0.1, 0.15) is 25.8 Å². The lowest BCUT2D eigenvalue weighted by molar-refractivity contribution is -0.123.